The Labute approximate surface area is 131 Å². The zero-order valence-corrected chi connectivity index (χ0v) is 12.4. The van der Waals surface area contributed by atoms with Gasteiger partial charge in [0.2, 0.25) is 0 Å². The van der Waals surface area contributed by atoms with Gasteiger partial charge in [0, 0.05) is 12.6 Å². The van der Waals surface area contributed by atoms with Gasteiger partial charge >= 0.3 is 0 Å². The number of amides is 1. The Morgan fingerprint density at radius 3 is 2.61 bits per heavy atom. The summed E-state index contributed by atoms with van der Waals surface area (Å²) in [6.45, 7) is 0.149. The van der Waals surface area contributed by atoms with Crippen molar-refractivity contribution in [1.29, 1.82) is 0 Å². The summed E-state index contributed by atoms with van der Waals surface area (Å²) in [5.41, 5.74) is 0.708. The van der Waals surface area contributed by atoms with Crippen LogP contribution < -0.4 is 5.56 Å². The SMILES string of the molecule is CN(Cc1nc2ccccc2c(=O)[nH]1)C(=O)c1ccc(F)cc1. The van der Waals surface area contributed by atoms with Crippen molar-refractivity contribution in [3.63, 3.8) is 0 Å². The topological polar surface area (TPSA) is 66.1 Å². The largest absolute Gasteiger partial charge is 0.334 e. The molecule has 0 aliphatic heterocycles. The highest BCUT2D eigenvalue weighted by Crippen LogP contribution is 2.09. The van der Waals surface area contributed by atoms with Crippen LogP contribution >= 0.6 is 0 Å². The van der Waals surface area contributed by atoms with Crippen molar-refractivity contribution < 1.29 is 9.18 Å². The highest BCUT2D eigenvalue weighted by Gasteiger charge is 2.14. The number of aromatic amines is 1. The number of benzene rings is 2. The first-order chi connectivity index (χ1) is 11.0. The Kier molecular flexibility index (Phi) is 3.89. The summed E-state index contributed by atoms with van der Waals surface area (Å²) in [6.07, 6.45) is 0. The van der Waals surface area contributed by atoms with Gasteiger partial charge in [-0.1, -0.05) is 12.1 Å². The number of para-hydroxylation sites is 1. The van der Waals surface area contributed by atoms with Gasteiger partial charge in [0.25, 0.3) is 11.5 Å². The van der Waals surface area contributed by atoms with E-state index in [1.165, 1.54) is 29.2 Å². The van der Waals surface area contributed by atoms with E-state index in [9.17, 15) is 14.0 Å². The Hall–Kier alpha value is -3.02. The molecule has 6 heteroatoms. The maximum absolute atomic E-state index is 12.9. The quantitative estimate of drug-likeness (QED) is 0.807. The molecule has 0 aliphatic carbocycles. The van der Waals surface area contributed by atoms with Crippen molar-refractivity contribution in [1.82, 2.24) is 14.9 Å². The van der Waals surface area contributed by atoms with E-state index in [4.69, 9.17) is 0 Å². The number of carbonyl (C=O) groups excluding carboxylic acids is 1. The average molecular weight is 311 g/mol. The Balaban J connectivity index is 1.85. The number of rotatable bonds is 3. The first-order valence-corrected chi connectivity index (χ1v) is 7.03. The van der Waals surface area contributed by atoms with Crippen LogP contribution in [0.15, 0.2) is 53.3 Å². The van der Waals surface area contributed by atoms with E-state index in [0.29, 0.717) is 22.3 Å². The minimum atomic E-state index is -0.398. The summed E-state index contributed by atoms with van der Waals surface area (Å²) < 4.78 is 12.9. The summed E-state index contributed by atoms with van der Waals surface area (Å²) in [4.78, 5) is 32.8. The fourth-order valence-corrected chi connectivity index (χ4v) is 2.32. The summed E-state index contributed by atoms with van der Waals surface area (Å²) in [6, 6.07) is 12.3. The fraction of sp³-hybridized carbons (Fsp3) is 0.118. The van der Waals surface area contributed by atoms with Crippen LogP contribution in [0.25, 0.3) is 10.9 Å². The number of H-pyrrole nitrogens is 1. The minimum Gasteiger partial charge on any atom is -0.334 e. The van der Waals surface area contributed by atoms with E-state index in [1.54, 1.807) is 31.3 Å². The molecule has 0 radical (unpaired) electrons. The molecular formula is C17H14FN3O2. The zero-order valence-electron chi connectivity index (χ0n) is 12.4. The van der Waals surface area contributed by atoms with Crippen LogP contribution in [0.1, 0.15) is 16.2 Å². The molecule has 1 aromatic heterocycles. The van der Waals surface area contributed by atoms with Crippen molar-refractivity contribution in [3.8, 4) is 0 Å². The number of hydrogen-bond donors (Lipinski definition) is 1. The monoisotopic (exact) mass is 311 g/mol. The van der Waals surface area contributed by atoms with E-state index < -0.39 is 5.82 Å². The molecule has 0 aliphatic rings. The zero-order chi connectivity index (χ0) is 16.4. The van der Waals surface area contributed by atoms with Crippen molar-refractivity contribution in [2.75, 3.05) is 7.05 Å². The average Bonchev–Trinajstić information content (AvgIpc) is 2.55. The van der Waals surface area contributed by atoms with Crippen molar-refractivity contribution >= 4 is 16.8 Å². The summed E-state index contributed by atoms with van der Waals surface area (Å²) >= 11 is 0. The first-order valence-electron chi connectivity index (χ1n) is 7.03. The Bertz CT molecular complexity index is 919. The maximum atomic E-state index is 12.9. The Morgan fingerprint density at radius 1 is 1.17 bits per heavy atom. The third-order valence-electron chi connectivity index (χ3n) is 3.49. The molecule has 3 aromatic rings. The van der Waals surface area contributed by atoms with Gasteiger partial charge in [-0.15, -0.1) is 0 Å². The predicted molar refractivity (Wildman–Crippen MR) is 84.6 cm³/mol. The number of hydrogen-bond acceptors (Lipinski definition) is 3. The number of halogens is 1. The van der Waals surface area contributed by atoms with E-state index in [0.717, 1.165) is 0 Å². The molecule has 2 aromatic carbocycles. The second kappa shape index (κ2) is 6.00. The van der Waals surface area contributed by atoms with Gasteiger partial charge in [-0.2, -0.15) is 0 Å². The van der Waals surface area contributed by atoms with Crippen LogP contribution in [0.2, 0.25) is 0 Å². The lowest BCUT2D eigenvalue weighted by atomic mass is 10.2. The lowest BCUT2D eigenvalue weighted by Gasteiger charge is -2.16. The van der Waals surface area contributed by atoms with Crippen molar-refractivity contribution in [3.05, 3.63) is 76.1 Å². The number of fused-ring (bicyclic) bond motifs is 1. The molecule has 0 atom stereocenters. The third kappa shape index (κ3) is 3.11. The Morgan fingerprint density at radius 2 is 1.87 bits per heavy atom. The highest BCUT2D eigenvalue weighted by atomic mass is 19.1. The number of carbonyl (C=O) groups is 1. The smallest absolute Gasteiger partial charge is 0.258 e. The van der Waals surface area contributed by atoms with Crippen LogP contribution in [-0.2, 0) is 6.54 Å². The van der Waals surface area contributed by atoms with E-state index in [2.05, 4.69) is 9.97 Å². The summed E-state index contributed by atoms with van der Waals surface area (Å²) in [5.74, 6) is -0.280. The van der Waals surface area contributed by atoms with E-state index in [-0.39, 0.29) is 18.0 Å². The standard InChI is InChI=1S/C17H14FN3O2/c1-21(17(23)11-6-8-12(18)9-7-11)10-15-19-14-5-3-2-4-13(14)16(22)20-15/h2-9H,10H2,1H3,(H,19,20,22). The molecule has 0 saturated carbocycles. The van der Waals surface area contributed by atoms with Crippen molar-refractivity contribution in [2.45, 2.75) is 6.54 Å². The van der Waals surface area contributed by atoms with Gasteiger partial charge in [0.05, 0.1) is 17.4 Å². The molecule has 0 spiro atoms. The van der Waals surface area contributed by atoms with Gasteiger partial charge in [0.15, 0.2) is 0 Å². The normalized spacial score (nSPS) is 10.7. The van der Waals surface area contributed by atoms with Crippen LogP contribution in [0.5, 0.6) is 0 Å². The minimum absolute atomic E-state index is 0.149. The van der Waals surface area contributed by atoms with Crippen LogP contribution in [-0.4, -0.2) is 27.8 Å². The molecule has 1 amide bonds. The lowest BCUT2D eigenvalue weighted by molar-refractivity contribution is 0.0781. The second-order valence-electron chi connectivity index (χ2n) is 5.20. The van der Waals surface area contributed by atoms with Crippen LogP contribution in [0.3, 0.4) is 0 Å². The predicted octanol–water partition coefficient (Wildman–Crippen LogP) is 2.33. The maximum Gasteiger partial charge on any atom is 0.258 e. The highest BCUT2D eigenvalue weighted by molar-refractivity contribution is 5.93. The molecule has 0 unspecified atom stereocenters. The fourth-order valence-electron chi connectivity index (χ4n) is 2.32. The molecule has 1 heterocycles. The van der Waals surface area contributed by atoms with Gasteiger partial charge in [-0.3, -0.25) is 9.59 Å². The molecule has 116 valence electrons. The molecule has 1 N–H and O–H groups in total. The molecule has 5 nitrogen and oxygen atoms in total. The van der Waals surface area contributed by atoms with Crippen LogP contribution in [0.4, 0.5) is 4.39 Å². The number of aromatic nitrogens is 2. The number of nitrogens with zero attached hydrogens (tertiary/aromatic N) is 2. The van der Waals surface area contributed by atoms with Gasteiger partial charge in [-0.05, 0) is 36.4 Å². The first kappa shape index (κ1) is 14.9. The van der Waals surface area contributed by atoms with Gasteiger partial charge in [-0.25, -0.2) is 9.37 Å². The van der Waals surface area contributed by atoms with Crippen molar-refractivity contribution in [2.24, 2.45) is 0 Å². The van der Waals surface area contributed by atoms with E-state index in [1.807, 2.05) is 0 Å². The third-order valence-corrected chi connectivity index (χ3v) is 3.49. The summed E-state index contributed by atoms with van der Waals surface area (Å²) in [5, 5.41) is 0.503. The molecule has 0 fully saturated rings. The molecule has 3 rings (SSSR count). The van der Waals surface area contributed by atoms with Gasteiger partial charge < -0.3 is 9.88 Å². The van der Waals surface area contributed by atoms with Gasteiger partial charge in [0.1, 0.15) is 11.6 Å². The lowest BCUT2D eigenvalue weighted by Crippen LogP contribution is -2.28. The molecule has 23 heavy (non-hydrogen) atoms. The van der Waals surface area contributed by atoms with E-state index >= 15 is 0 Å². The van der Waals surface area contributed by atoms with Crippen LogP contribution in [0, 0.1) is 5.82 Å². The molecule has 0 saturated heterocycles. The second-order valence-corrected chi connectivity index (χ2v) is 5.20. The number of nitrogens with one attached hydrogen (secondary N) is 1. The molecular weight excluding hydrogens is 297 g/mol. The molecule has 0 bridgehead atoms. The summed E-state index contributed by atoms with van der Waals surface area (Å²) in [7, 11) is 1.60.